The van der Waals surface area contributed by atoms with E-state index in [2.05, 4.69) is 0 Å². The Bertz CT molecular complexity index is 812. The van der Waals surface area contributed by atoms with Crippen LogP contribution in [0.1, 0.15) is 22.9 Å². The Morgan fingerprint density at radius 3 is 2.96 bits per heavy atom. The van der Waals surface area contributed by atoms with Gasteiger partial charge in [0, 0.05) is 29.6 Å². The van der Waals surface area contributed by atoms with Gasteiger partial charge in [0.05, 0.1) is 6.61 Å². The molecule has 1 amide bonds. The molecular weight excluding hydrogens is 350 g/mol. The minimum Gasteiger partial charge on any atom is -0.493 e. The van der Waals surface area contributed by atoms with Crippen LogP contribution in [0.15, 0.2) is 41.8 Å². The van der Waals surface area contributed by atoms with Gasteiger partial charge < -0.3 is 14.4 Å². The van der Waals surface area contributed by atoms with Crippen molar-refractivity contribution in [2.75, 3.05) is 19.8 Å². The zero-order valence-corrected chi connectivity index (χ0v) is 15.5. The second kappa shape index (κ2) is 8.67. The summed E-state index contributed by atoms with van der Waals surface area (Å²) in [7, 11) is 0. The Labute approximate surface area is 156 Å². The van der Waals surface area contributed by atoms with Crippen LogP contribution in [0.5, 0.6) is 5.75 Å². The molecule has 3 rings (SSSR count). The summed E-state index contributed by atoms with van der Waals surface area (Å²) >= 11 is 1.72. The number of hydrogen-bond donors (Lipinski definition) is 0. The number of para-hydroxylation sites is 1. The number of carbonyl (C=O) groups excluding carboxylic acids is 2. The molecule has 0 spiro atoms. The van der Waals surface area contributed by atoms with Crippen LogP contribution >= 0.6 is 11.3 Å². The van der Waals surface area contributed by atoms with Gasteiger partial charge in [0.15, 0.2) is 6.61 Å². The number of benzene rings is 1. The predicted octanol–water partition coefficient (Wildman–Crippen LogP) is 3.29. The van der Waals surface area contributed by atoms with Gasteiger partial charge >= 0.3 is 5.97 Å². The average molecular weight is 371 g/mol. The lowest BCUT2D eigenvalue weighted by molar-refractivity contribution is -0.148. The minimum atomic E-state index is -0.544. The van der Waals surface area contributed by atoms with Gasteiger partial charge in [-0.3, -0.25) is 4.79 Å². The van der Waals surface area contributed by atoms with Crippen LogP contribution in [-0.4, -0.2) is 36.5 Å². The quantitative estimate of drug-likeness (QED) is 0.578. The number of rotatable bonds is 6. The third-order valence-electron chi connectivity index (χ3n) is 4.12. The first kappa shape index (κ1) is 18.2. The monoisotopic (exact) mass is 371 g/mol. The maximum Gasteiger partial charge on any atom is 0.331 e. The van der Waals surface area contributed by atoms with Crippen molar-refractivity contribution in [3.63, 3.8) is 0 Å². The molecule has 1 aromatic carbocycles. The van der Waals surface area contributed by atoms with Gasteiger partial charge in [-0.1, -0.05) is 18.2 Å². The fraction of sp³-hybridized carbons (Fsp3) is 0.300. The second-order valence-electron chi connectivity index (χ2n) is 5.85. The van der Waals surface area contributed by atoms with E-state index in [0.717, 1.165) is 12.0 Å². The number of esters is 1. The van der Waals surface area contributed by atoms with Gasteiger partial charge in [-0.25, -0.2) is 4.79 Å². The fourth-order valence-electron chi connectivity index (χ4n) is 2.80. The van der Waals surface area contributed by atoms with Gasteiger partial charge in [0.2, 0.25) is 0 Å². The lowest BCUT2D eigenvalue weighted by atomic mass is 10.1. The zero-order chi connectivity index (χ0) is 18.4. The second-order valence-corrected chi connectivity index (χ2v) is 6.85. The predicted molar refractivity (Wildman–Crippen MR) is 101 cm³/mol. The maximum atomic E-state index is 12.3. The van der Waals surface area contributed by atoms with Crippen molar-refractivity contribution in [2.45, 2.75) is 19.9 Å². The van der Waals surface area contributed by atoms with Crippen LogP contribution < -0.4 is 4.74 Å². The first-order chi connectivity index (χ1) is 12.7. The molecule has 0 radical (unpaired) electrons. The molecule has 0 saturated carbocycles. The average Bonchev–Trinajstić information content (AvgIpc) is 3.13. The molecule has 2 heterocycles. The molecule has 26 heavy (non-hydrogen) atoms. The van der Waals surface area contributed by atoms with Crippen molar-refractivity contribution in [1.29, 1.82) is 0 Å². The molecule has 1 aliphatic heterocycles. The number of carbonyl (C=O) groups is 2. The van der Waals surface area contributed by atoms with Crippen molar-refractivity contribution < 1.29 is 19.1 Å². The van der Waals surface area contributed by atoms with Crippen LogP contribution in [0.2, 0.25) is 0 Å². The van der Waals surface area contributed by atoms with Crippen LogP contribution in [0.4, 0.5) is 0 Å². The van der Waals surface area contributed by atoms with E-state index in [9.17, 15) is 9.59 Å². The molecule has 0 aliphatic carbocycles. The third kappa shape index (κ3) is 4.52. The van der Waals surface area contributed by atoms with E-state index in [4.69, 9.17) is 9.47 Å². The zero-order valence-electron chi connectivity index (χ0n) is 14.6. The normalized spacial score (nSPS) is 13.5. The molecule has 0 saturated heterocycles. The van der Waals surface area contributed by atoms with Gasteiger partial charge in [-0.05, 0) is 42.5 Å². The van der Waals surface area contributed by atoms with E-state index in [-0.39, 0.29) is 12.5 Å². The van der Waals surface area contributed by atoms with Gasteiger partial charge in [0.1, 0.15) is 5.75 Å². The smallest absolute Gasteiger partial charge is 0.331 e. The van der Waals surface area contributed by atoms with E-state index in [0.29, 0.717) is 25.4 Å². The maximum absolute atomic E-state index is 12.3. The van der Waals surface area contributed by atoms with Crippen molar-refractivity contribution in [2.24, 2.45) is 0 Å². The van der Waals surface area contributed by atoms with Crippen molar-refractivity contribution in [3.8, 4) is 5.75 Å². The summed E-state index contributed by atoms with van der Waals surface area (Å²) in [4.78, 5) is 27.2. The molecule has 1 aromatic heterocycles. The Morgan fingerprint density at radius 2 is 2.12 bits per heavy atom. The molecule has 0 atom stereocenters. The number of amides is 1. The molecule has 136 valence electrons. The highest BCUT2D eigenvalue weighted by molar-refractivity contribution is 7.10. The summed E-state index contributed by atoms with van der Waals surface area (Å²) in [6.45, 7) is 3.47. The summed E-state index contributed by atoms with van der Waals surface area (Å²) in [6, 6.07) is 9.48. The topological polar surface area (TPSA) is 55.8 Å². The largest absolute Gasteiger partial charge is 0.493 e. The minimum absolute atomic E-state index is 0.168. The lowest BCUT2D eigenvalue weighted by Gasteiger charge is -2.26. The van der Waals surface area contributed by atoms with E-state index < -0.39 is 5.97 Å². The van der Waals surface area contributed by atoms with E-state index in [1.165, 1.54) is 16.5 Å². The number of ether oxygens (including phenoxy) is 2. The first-order valence-corrected chi connectivity index (χ1v) is 9.45. The van der Waals surface area contributed by atoms with Crippen LogP contribution in [0, 0.1) is 0 Å². The molecule has 0 fully saturated rings. The number of thiophene rings is 1. The van der Waals surface area contributed by atoms with E-state index >= 15 is 0 Å². The van der Waals surface area contributed by atoms with Gasteiger partial charge in [-0.2, -0.15) is 0 Å². The highest BCUT2D eigenvalue weighted by atomic mass is 32.1. The SMILES string of the molecule is CCOc1ccccc1/C=C/C(=O)OCC(=O)N1CCc2sccc2C1. The molecule has 1 aliphatic rings. The molecule has 2 aromatic rings. The van der Waals surface area contributed by atoms with Crippen molar-refractivity contribution in [3.05, 3.63) is 57.8 Å². The molecule has 0 N–H and O–H groups in total. The van der Waals surface area contributed by atoms with Crippen molar-refractivity contribution >= 4 is 29.3 Å². The summed E-state index contributed by atoms with van der Waals surface area (Å²) in [5.41, 5.74) is 1.98. The Hall–Kier alpha value is -2.60. The molecule has 6 heteroatoms. The third-order valence-corrected chi connectivity index (χ3v) is 5.14. The standard InChI is InChI=1S/C20H21NO4S/c1-2-24-17-6-4-3-5-15(17)7-8-20(23)25-14-19(22)21-11-9-18-16(13-21)10-12-26-18/h3-8,10,12H,2,9,11,13-14H2,1H3/b8-7+. The summed E-state index contributed by atoms with van der Waals surface area (Å²) in [5, 5.41) is 2.05. The molecular formula is C20H21NO4S. The first-order valence-electron chi connectivity index (χ1n) is 8.57. The van der Waals surface area contributed by atoms with Crippen LogP contribution in [-0.2, 0) is 27.3 Å². The Balaban J connectivity index is 1.50. The summed E-state index contributed by atoms with van der Waals surface area (Å²) in [5.74, 6) is -0.00814. The Morgan fingerprint density at radius 1 is 1.27 bits per heavy atom. The van der Waals surface area contributed by atoms with E-state index in [1.54, 1.807) is 22.3 Å². The van der Waals surface area contributed by atoms with Crippen LogP contribution in [0.25, 0.3) is 6.08 Å². The number of fused-ring (bicyclic) bond motifs is 1. The fourth-order valence-corrected chi connectivity index (χ4v) is 3.69. The molecule has 5 nitrogen and oxygen atoms in total. The highest BCUT2D eigenvalue weighted by Crippen LogP contribution is 2.24. The summed E-state index contributed by atoms with van der Waals surface area (Å²) < 4.78 is 10.6. The lowest BCUT2D eigenvalue weighted by Crippen LogP contribution is -2.38. The molecule has 0 bridgehead atoms. The Kier molecular flexibility index (Phi) is 6.07. The van der Waals surface area contributed by atoms with Crippen LogP contribution in [0.3, 0.4) is 0 Å². The highest BCUT2D eigenvalue weighted by Gasteiger charge is 2.22. The summed E-state index contributed by atoms with van der Waals surface area (Å²) in [6.07, 6.45) is 3.81. The molecule has 0 unspecified atom stereocenters. The van der Waals surface area contributed by atoms with Gasteiger partial charge in [0.25, 0.3) is 5.91 Å². The number of nitrogens with zero attached hydrogens (tertiary/aromatic N) is 1. The van der Waals surface area contributed by atoms with Gasteiger partial charge in [-0.15, -0.1) is 11.3 Å². The van der Waals surface area contributed by atoms with Crippen molar-refractivity contribution in [1.82, 2.24) is 4.90 Å². The number of hydrogen-bond acceptors (Lipinski definition) is 5. The van der Waals surface area contributed by atoms with E-state index in [1.807, 2.05) is 42.6 Å².